The van der Waals surface area contributed by atoms with Crippen LogP contribution in [0.2, 0.25) is 0 Å². The van der Waals surface area contributed by atoms with Crippen LogP contribution in [0.25, 0.3) is 0 Å². The normalized spacial score (nSPS) is 12.7. The van der Waals surface area contributed by atoms with Crippen LogP contribution in [0.5, 0.6) is 11.6 Å². The highest BCUT2D eigenvalue weighted by Gasteiger charge is 2.16. The molecule has 7 nitrogen and oxygen atoms in total. The Morgan fingerprint density at radius 3 is 2.36 bits per heavy atom. The molecule has 33 heavy (non-hydrogen) atoms. The molecule has 168 valence electrons. The van der Waals surface area contributed by atoms with Gasteiger partial charge in [0.25, 0.3) is 0 Å². The summed E-state index contributed by atoms with van der Waals surface area (Å²) in [5, 5.41) is 13.0. The number of amidine groups is 2. The Labute approximate surface area is 193 Å². The molecule has 0 aliphatic carbocycles. The minimum Gasteiger partial charge on any atom is -0.494 e. The Balaban J connectivity index is 1.90. The van der Waals surface area contributed by atoms with Gasteiger partial charge in [-0.3, -0.25) is 0 Å². The minimum absolute atomic E-state index is 0.260. The molecule has 0 amide bonds. The summed E-state index contributed by atoms with van der Waals surface area (Å²) in [6, 6.07) is 22.2. The van der Waals surface area contributed by atoms with E-state index in [0.29, 0.717) is 28.7 Å². The van der Waals surface area contributed by atoms with Gasteiger partial charge < -0.3 is 20.9 Å². The first kappa shape index (κ1) is 23.3. The fourth-order valence-electron chi connectivity index (χ4n) is 2.96. The van der Waals surface area contributed by atoms with Gasteiger partial charge in [0, 0.05) is 18.0 Å². The Kier molecular flexibility index (Phi) is 7.96. The second-order valence-corrected chi connectivity index (χ2v) is 7.14. The molecule has 0 aliphatic heterocycles. The molecular weight excluding hydrogens is 414 g/mol. The van der Waals surface area contributed by atoms with Crippen LogP contribution in [0.15, 0.2) is 113 Å². The highest BCUT2D eigenvalue weighted by molar-refractivity contribution is 6.27. The monoisotopic (exact) mass is 441 g/mol. The van der Waals surface area contributed by atoms with Crippen LogP contribution in [0.1, 0.15) is 20.3 Å². The van der Waals surface area contributed by atoms with Crippen molar-refractivity contribution in [3.63, 3.8) is 0 Å². The van der Waals surface area contributed by atoms with Gasteiger partial charge in [-0.1, -0.05) is 36.8 Å². The van der Waals surface area contributed by atoms with E-state index in [2.05, 4.69) is 26.9 Å². The second-order valence-electron chi connectivity index (χ2n) is 7.14. The summed E-state index contributed by atoms with van der Waals surface area (Å²) in [5.41, 5.74) is 9.43. The number of ether oxygens (including phenoxy) is 1. The third kappa shape index (κ3) is 6.80. The molecule has 0 radical (unpaired) electrons. The van der Waals surface area contributed by atoms with Crippen molar-refractivity contribution in [2.75, 3.05) is 5.32 Å². The van der Waals surface area contributed by atoms with Crippen molar-refractivity contribution in [1.82, 2.24) is 4.98 Å². The molecule has 0 atom stereocenters. The summed E-state index contributed by atoms with van der Waals surface area (Å²) in [6.45, 7) is 7.46. The summed E-state index contributed by atoms with van der Waals surface area (Å²) < 4.78 is 5.72. The van der Waals surface area contributed by atoms with Gasteiger partial charge in [0.05, 0.1) is 11.3 Å². The van der Waals surface area contributed by atoms with E-state index in [9.17, 15) is 5.11 Å². The van der Waals surface area contributed by atoms with E-state index in [1.165, 1.54) is 0 Å². The van der Waals surface area contributed by atoms with Crippen molar-refractivity contribution < 1.29 is 9.84 Å². The third-order valence-electron chi connectivity index (χ3n) is 4.67. The zero-order valence-electron chi connectivity index (χ0n) is 18.7. The van der Waals surface area contributed by atoms with Gasteiger partial charge in [-0.2, -0.15) is 4.99 Å². The molecule has 0 saturated carbocycles. The quantitative estimate of drug-likeness (QED) is 0.222. The number of rotatable bonds is 8. The van der Waals surface area contributed by atoms with Crippen molar-refractivity contribution in [2.45, 2.75) is 20.3 Å². The van der Waals surface area contributed by atoms with Crippen molar-refractivity contribution in [3.05, 3.63) is 103 Å². The number of anilines is 1. The number of nitrogens with two attached hydrogens (primary N) is 1. The molecule has 7 heteroatoms. The standard InChI is InChI=1S/C26H27N5O2/c1-4-18(2)24(26(29-19(3)32)31-20-10-6-5-7-11-20)25(27)30-21-13-15-22(16-14-21)33-23-12-8-9-17-28-23/h5-17,32H,3-4H2,1-2H3,(H2,27,30)(H,29,31)/b24-18+. The van der Waals surface area contributed by atoms with Gasteiger partial charge >= 0.3 is 0 Å². The number of nitrogens with zero attached hydrogens (tertiary/aromatic N) is 3. The van der Waals surface area contributed by atoms with Crippen LogP contribution in [0.3, 0.4) is 0 Å². The SMILES string of the molecule is C=C(O)/N=C(Nc1ccccc1)\C(C(N)=Nc1ccc(Oc2ccccn2)cc1)=C(/C)CC. The lowest BCUT2D eigenvalue weighted by atomic mass is 10.0. The maximum Gasteiger partial charge on any atom is 0.219 e. The number of nitrogens with one attached hydrogen (secondary N) is 1. The lowest BCUT2D eigenvalue weighted by Crippen LogP contribution is -2.28. The summed E-state index contributed by atoms with van der Waals surface area (Å²) >= 11 is 0. The summed E-state index contributed by atoms with van der Waals surface area (Å²) in [6.07, 6.45) is 2.39. The fourth-order valence-corrected chi connectivity index (χ4v) is 2.96. The molecule has 4 N–H and O–H groups in total. The summed E-state index contributed by atoms with van der Waals surface area (Å²) in [7, 11) is 0. The first-order valence-electron chi connectivity index (χ1n) is 10.5. The maximum atomic E-state index is 9.78. The molecule has 0 aliphatic rings. The molecular formula is C26H27N5O2. The van der Waals surface area contributed by atoms with Crippen LogP contribution in [-0.2, 0) is 0 Å². The largest absolute Gasteiger partial charge is 0.494 e. The first-order valence-corrected chi connectivity index (χ1v) is 10.5. The summed E-state index contributed by atoms with van der Waals surface area (Å²) in [5.74, 6) is 1.43. The van der Waals surface area contributed by atoms with Gasteiger partial charge in [-0.25, -0.2) is 9.98 Å². The van der Waals surface area contributed by atoms with Crippen molar-refractivity contribution in [3.8, 4) is 11.6 Å². The highest BCUT2D eigenvalue weighted by Crippen LogP contribution is 2.24. The highest BCUT2D eigenvalue weighted by atomic mass is 16.5. The van der Waals surface area contributed by atoms with E-state index in [4.69, 9.17) is 10.5 Å². The number of benzene rings is 2. The fraction of sp³-hybridized carbons (Fsp3) is 0.115. The maximum absolute atomic E-state index is 9.78. The number of hydrogen-bond acceptors (Lipinski definition) is 5. The zero-order valence-corrected chi connectivity index (χ0v) is 18.7. The van der Waals surface area contributed by atoms with E-state index in [0.717, 1.165) is 17.7 Å². The minimum atomic E-state index is -0.335. The average Bonchev–Trinajstić information content (AvgIpc) is 2.81. The average molecular weight is 442 g/mol. The van der Waals surface area contributed by atoms with Gasteiger partial charge in [-0.15, -0.1) is 0 Å². The number of pyridine rings is 1. The van der Waals surface area contributed by atoms with Crippen LogP contribution in [0.4, 0.5) is 11.4 Å². The van der Waals surface area contributed by atoms with E-state index >= 15 is 0 Å². The van der Waals surface area contributed by atoms with Gasteiger partial charge in [0.2, 0.25) is 11.8 Å². The van der Waals surface area contributed by atoms with E-state index in [1.807, 2.05) is 56.3 Å². The van der Waals surface area contributed by atoms with Crippen molar-refractivity contribution in [1.29, 1.82) is 0 Å². The number of hydrogen-bond donors (Lipinski definition) is 3. The third-order valence-corrected chi connectivity index (χ3v) is 4.67. The molecule has 0 unspecified atom stereocenters. The van der Waals surface area contributed by atoms with E-state index in [1.54, 1.807) is 36.5 Å². The predicted octanol–water partition coefficient (Wildman–Crippen LogP) is 6.13. The number of aromatic nitrogens is 1. The van der Waals surface area contributed by atoms with Gasteiger partial charge in [0.1, 0.15) is 17.4 Å². The van der Waals surface area contributed by atoms with Crippen LogP contribution in [0, 0.1) is 0 Å². The van der Waals surface area contributed by atoms with Crippen LogP contribution >= 0.6 is 0 Å². The number of aliphatic imine (C=N–C) groups is 2. The molecule has 2 aromatic carbocycles. The van der Waals surface area contributed by atoms with Crippen LogP contribution < -0.4 is 15.8 Å². The smallest absolute Gasteiger partial charge is 0.219 e. The molecule has 0 spiro atoms. The van der Waals surface area contributed by atoms with Crippen molar-refractivity contribution >= 4 is 23.0 Å². The number of aliphatic hydroxyl groups excluding tert-OH is 1. The van der Waals surface area contributed by atoms with E-state index < -0.39 is 0 Å². The van der Waals surface area contributed by atoms with Gasteiger partial charge in [-0.05, 0) is 62.4 Å². The van der Waals surface area contributed by atoms with Crippen molar-refractivity contribution in [2.24, 2.45) is 15.7 Å². The first-order chi connectivity index (χ1) is 16.0. The zero-order chi connectivity index (χ0) is 23.6. The Morgan fingerprint density at radius 1 is 1.06 bits per heavy atom. The Bertz CT molecular complexity index is 1170. The molecule has 0 bridgehead atoms. The second kappa shape index (κ2) is 11.3. The lowest BCUT2D eigenvalue weighted by Gasteiger charge is -2.16. The molecule has 1 aromatic heterocycles. The number of allylic oxidation sites excluding steroid dienone is 1. The molecule has 3 rings (SSSR count). The van der Waals surface area contributed by atoms with Crippen LogP contribution in [-0.4, -0.2) is 21.8 Å². The van der Waals surface area contributed by atoms with Gasteiger partial charge in [0.15, 0.2) is 0 Å². The molecule has 0 saturated heterocycles. The topological polar surface area (TPSA) is 105 Å². The number of aliphatic hydroxyl groups is 1. The Morgan fingerprint density at radius 2 is 1.76 bits per heavy atom. The molecule has 1 heterocycles. The molecule has 3 aromatic rings. The summed E-state index contributed by atoms with van der Waals surface area (Å²) in [4.78, 5) is 12.9. The Hall–Kier alpha value is -4.39. The number of para-hydroxylation sites is 1. The lowest BCUT2D eigenvalue weighted by molar-refractivity contribution is 0.410. The molecule has 0 fully saturated rings. The van der Waals surface area contributed by atoms with E-state index in [-0.39, 0.29) is 11.7 Å². The predicted molar refractivity (Wildman–Crippen MR) is 134 cm³/mol.